The second-order valence-electron chi connectivity index (χ2n) is 18.2. The fourth-order valence-electron chi connectivity index (χ4n) is 10.6. The first-order chi connectivity index (χ1) is 29.0. The van der Waals surface area contributed by atoms with E-state index in [-0.39, 0.29) is 32.1 Å². The number of halogens is 2. The SMILES string of the molecule is Cc1cc2c(c(-c3ccccc3)c1C)C=C(c1ccc(-c3ccccc3)o1)[CH]2[Zr]([CH3])([CH3])(=[SiH2])[CH]1C(c2ccc(-c3ccccc3)o2)=Cc2c1cc(C)c(C)c2-c1ccccc1.Cl.Cl. The number of furan rings is 2. The summed E-state index contributed by atoms with van der Waals surface area (Å²) >= 11 is -4.38. The minimum absolute atomic E-state index is 0. The zero-order valence-corrected chi connectivity index (χ0v) is 41.7. The zero-order valence-electron chi connectivity index (χ0n) is 36.2. The largest absolute Gasteiger partial charge is 0.147 e. The van der Waals surface area contributed by atoms with Gasteiger partial charge in [-0.05, 0) is 0 Å². The topological polar surface area (TPSA) is 26.3 Å². The molecule has 0 N–H and O–H groups in total. The fourth-order valence-corrected chi connectivity index (χ4v) is 29.0. The summed E-state index contributed by atoms with van der Waals surface area (Å²) in [4.78, 5) is 0. The smallest absolute Gasteiger partial charge is 0.147 e. The number of allylic oxidation sites excluding steroid dienone is 2. The molecule has 2 atom stereocenters. The average molecular weight is 947 g/mol. The monoisotopic (exact) mass is 944 g/mol. The number of hydrogen-bond donors (Lipinski definition) is 0. The van der Waals surface area contributed by atoms with Gasteiger partial charge in [-0.1, -0.05) is 0 Å². The fraction of sp³-hybridized carbons (Fsp3) is 0.143. The van der Waals surface area contributed by atoms with Crippen molar-refractivity contribution in [3.8, 4) is 44.9 Å². The van der Waals surface area contributed by atoms with E-state index < -0.39 is 17.4 Å². The van der Waals surface area contributed by atoms with Crippen LogP contribution in [0, 0.1) is 27.7 Å². The Labute approximate surface area is 381 Å². The summed E-state index contributed by atoms with van der Waals surface area (Å²) in [6.07, 6.45) is 5.01. The molecule has 10 rings (SSSR count). The van der Waals surface area contributed by atoms with E-state index in [2.05, 4.69) is 214 Å². The van der Waals surface area contributed by atoms with Crippen molar-refractivity contribution in [2.75, 3.05) is 0 Å². The van der Waals surface area contributed by atoms with Crippen molar-refractivity contribution < 1.29 is 26.2 Å². The van der Waals surface area contributed by atoms with Gasteiger partial charge in [0.1, 0.15) is 0 Å². The molecule has 2 aliphatic rings. The Kier molecular flexibility index (Phi) is 11.7. The molecule has 0 fully saturated rings. The molecule has 2 aliphatic carbocycles. The molecule has 0 spiro atoms. The molecule has 2 nitrogen and oxygen atoms in total. The maximum Gasteiger partial charge on any atom is -0.147 e. The third kappa shape index (κ3) is 7.24. The van der Waals surface area contributed by atoms with E-state index in [0.29, 0.717) is 0 Å². The van der Waals surface area contributed by atoms with Gasteiger partial charge in [0, 0.05) is 0 Å². The quantitative estimate of drug-likeness (QED) is 0.142. The first kappa shape index (κ1) is 43.7. The molecule has 62 heavy (non-hydrogen) atoms. The Hall–Kier alpha value is -4.96. The van der Waals surface area contributed by atoms with Crippen molar-refractivity contribution in [3.05, 3.63) is 214 Å². The summed E-state index contributed by atoms with van der Waals surface area (Å²) in [6.45, 7) is 11.6. The van der Waals surface area contributed by atoms with E-state index in [1.807, 2.05) is 0 Å². The van der Waals surface area contributed by atoms with E-state index in [9.17, 15) is 0 Å². The second kappa shape index (κ2) is 16.6. The van der Waals surface area contributed by atoms with Gasteiger partial charge in [-0.15, -0.1) is 24.8 Å². The van der Waals surface area contributed by atoms with Gasteiger partial charge in [0.05, 0.1) is 0 Å². The van der Waals surface area contributed by atoms with Gasteiger partial charge in [0.2, 0.25) is 0 Å². The third-order valence-corrected chi connectivity index (χ3v) is 30.8. The van der Waals surface area contributed by atoms with Crippen LogP contribution in [-0.2, 0) is 17.4 Å². The molecule has 6 heteroatoms. The first-order valence-electron chi connectivity index (χ1n) is 21.2. The molecular weight excluding hydrogens is 895 g/mol. The number of rotatable bonds is 8. The van der Waals surface area contributed by atoms with E-state index >= 15 is 0 Å². The summed E-state index contributed by atoms with van der Waals surface area (Å²) < 4.78 is 19.8. The van der Waals surface area contributed by atoms with E-state index in [1.54, 1.807) is 0 Å². The Morgan fingerprint density at radius 1 is 0.419 bits per heavy atom. The number of aryl methyl sites for hydroxylation is 2. The van der Waals surface area contributed by atoms with Crippen LogP contribution in [0.3, 0.4) is 0 Å². The average Bonchev–Trinajstić information content (AvgIpc) is 4.09. The van der Waals surface area contributed by atoms with E-state index in [0.717, 1.165) is 34.2 Å². The molecule has 2 aromatic heterocycles. The Morgan fingerprint density at radius 2 is 0.726 bits per heavy atom. The normalized spacial score (nSPS) is 15.5. The third-order valence-electron chi connectivity index (χ3n) is 13.6. The van der Waals surface area contributed by atoms with Gasteiger partial charge in [-0.25, -0.2) is 0 Å². The molecule has 0 radical (unpaired) electrons. The van der Waals surface area contributed by atoms with Crippen LogP contribution in [0.25, 0.3) is 68.2 Å². The Balaban J connectivity index is 0.00000264. The Bertz CT molecular complexity index is 2890. The molecule has 6 aromatic carbocycles. The predicted molar refractivity (Wildman–Crippen MR) is 267 cm³/mol. The van der Waals surface area contributed by atoms with Crippen LogP contribution in [-0.4, -0.2) is 6.88 Å². The van der Waals surface area contributed by atoms with Crippen molar-refractivity contribution in [2.24, 2.45) is 0 Å². The van der Waals surface area contributed by atoms with Gasteiger partial charge in [-0.3, -0.25) is 0 Å². The van der Waals surface area contributed by atoms with Gasteiger partial charge in [0.15, 0.2) is 0 Å². The summed E-state index contributed by atoms with van der Waals surface area (Å²) in [5.41, 5.74) is 20.8. The minimum atomic E-state index is -4.38. The van der Waals surface area contributed by atoms with Crippen LogP contribution >= 0.6 is 24.8 Å². The van der Waals surface area contributed by atoms with Gasteiger partial charge >= 0.3 is 359 Å². The standard InChI is InChI=1S/2C27H21O.2CH3.2ClH.H2Si.Zr/c2*1-18-15-22-16-23(26-14-13-25(28-26)20-9-5-3-6-10-20)17-24(22)27(19(18)2)21-11-7-4-8-12-21;;;;;;/h2*3-17H,1-2H3;2*1H3;2*1H;1H2;. The van der Waals surface area contributed by atoms with Crippen molar-refractivity contribution in [1.82, 2.24) is 0 Å². The molecule has 8 aromatic rings. The molecule has 2 unspecified atom stereocenters. The summed E-state index contributed by atoms with van der Waals surface area (Å²) in [6, 6.07) is 56.8. The first-order valence-corrected chi connectivity index (χ1v) is 34.9. The van der Waals surface area contributed by atoms with Crippen molar-refractivity contribution >= 4 is 55.0 Å². The molecule has 0 bridgehead atoms. The van der Waals surface area contributed by atoms with E-state index in [4.69, 9.17) is 8.83 Å². The van der Waals surface area contributed by atoms with Crippen LogP contribution in [0.1, 0.15) is 63.3 Å². The van der Waals surface area contributed by atoms with Crippen LogP contribution in [0.5, 0.6) is 0 Å². The molecule has 0 aliphatic heterocycles. The number of benzene rings is 6. The Morgan fingerprint density at radius 3 is 1.06 bits per heavy atom. The molecule has 0 saturated carbocycles. The maximum absolute atomic E-state index is 7.00. The molecule has 0 amide bonds. The van der Waals surface area contributed by atoms with Gasteiger partial charge in [-0.2, -0.15) is 0 Å². The van der Waals surface area contributed by atoms with Crippen molar-refractivity contribution in [3.63, 3.8) is 0 Å². The molecule has 2 heterocycles. The molecule has 310 valence electrons. The second-order valence-corrected chi connectivity index (χ2v) is 48.7. The zero-order chi connectivity index (χ0) is 41.4. The minimum Gasteiger partial charge on any atom is -0.147 e. The number of fused-ring (bicyclic) bond motifs is 2. The van der Waals surface area contributed by atoms with Crippen LogP contribution in [0.15, 0.2) is 167 Å². The van der Waals surface area contributed by atoms with Crippen LogP contribution in [0.4, 0.5) is 0 Å². The van der Waals surface area contributed by atoms with Gasteiger partial charge < -0.3 is 0 Å². The van der Waals surface area contributed by atoms with Crippen LogP contribution < -0.4 is 0 Å². The van der Waals surface area contributed by atoms with Crippen molar-refractivity contribution in [2.45, 2.75) is 44.2 Å². The predicted octanol–water partition coefficient (Wildman–Crippen LogP) is 15.8. The van der Waals surface area contributed by atoms with Crippen molar-refractivity contribution in [1.29, 1.82) is 0 Å². The number of hydrogen-bond acceptors (Lipinski definition) is 2. The summed E-state index contributed by atoms with van der Waals surface area (Å²) in [5.74, 6) is 3.70. The maximum atomic E-state index is 7.00. The summed E-state index contributed by atoms with van der Waals surface area (Å²) in [5, 5.41) is 0. The van der Waals surface area contributed by atoms with Gasteiger partial charge in [0.25, 0.3) is 0 Å². The van der Waals surface area contributed by atoms with Crippen LogP contribution in [0.2, 0.25) is 9.26 Å². The summed E-state index contributed by atoms with van der Waals surface area (Å²) in [7, 11) is 0. The molecule has 0 saturated heterocycles. The van der Waals surface area contributed by atoms with E-state index in [1.165, 1.54) is 77.9 Å². The molecular formula is C56H52Cl2O2SiZr.